The molecule has 0 atom stereocenters. The summed E-state index contributed by atoms with van der Waals surface area (Å²) in [5.41, 5.74) is 11.5. The molecule has 0 amide bonds. The molecular weight excluding hydrogens is 358 g/mol. The quantitative estimate of drug-likeness (QED) is 0.355. The lowest BCUT2D eigenvalue weighted by Crippen LogP contribution is -2.22. The van der Waals surface area contributed by atoms with Crippen LogP contribution in [0.5, 0.6) is 11.5 Å². The van der Waals surface area contributed by atoms with Crippen LogP contribution >= 0.6 is 0 Å². The van der Waals surface area contributed by atoms with Crippen LogP contribution in [0.2, 0.25) is 0 Å². The Morgan fingerprint density at radius 3 is 2.18 bits per heavy atom. The van der Waals surface area contributed by atoms with Gasteiger partial charge < -0.3 is 20.9 Å². The number of guanidine groups is 1. The zero-order chi connectivity index (χ0) is 19.9. The van der Waals surface area contributed by atoms with E-state index < -0.39 is 5.97 Å². The van der Waals surface area contributed by atoms with E-state index in [9.17, 15) is 9.59 Å². The number of rotatable bonds is 5. The largest absolute Gasteiger partial charge is 0.426 e. The molecule has 0 aromatic heterocycles. The lowest BCUT2D eigenvalue weighted by Gasteiger charge is -2.19. The summed E-state index contributed by atoms with van der Waals surface area (Å²) in [5.74, 6) is -0.208. The van der Waals surface area contributed by atoms with Crippen LogP contribution in [0.25, 0.3) is 0 Å². The highest BCUT2D eigenvalue weighted by Gasteiger charge is 2.23. The smallest absolute Gasteiger partial charge is 0.343 e. The summed E-state index contributed by atoms with van der Waals surface area (Å²) in [7, 11) is 0. The van der Waals surface area contributed by atoms with Crippen LogP contribution in [0.15, 0.2) is 53.5 Å². The van der Waals surface area contributed by atoms with Crippen LogP contribution < -0.4 is 20.9 Å². The highest BCUT2D eigenvalue weighted by molar-refractivity contribution is 5.91. The van der Waals surface area contributed by atoms with Gasteiger partial charge in [-0.05, 0) is 49.2 Å². The number of aliphatic imine (C=N–C) groups is 1. The van der Waals surface area contributed by atoms with Gasteiger partial charge in [-0.3, -0.25) is 4.79 Å². The lowest BCUT2D eigenvalue weighted by molar-refractivity contribution is -0.139. The molecule has 1 aliphatic carbocycles. The van der Waals surface area contributed by atoms with Crippen molar-refractivity contribution in [2.45, 2.75) is 32.1 Å². The van der Waals surface area contributed by atoms with Crippen molar-refractivity contribution in [3.8, 4) is 11.5 Å². The fourth-order valence-corrected chi connectivity index (χ4v) is 3.13. The number of hydrogen-bond acceptors (Lipinski definition) is 5. The molecule has 1 saturated carbocycles. The molecule has 4 N–H and O–H groups in total. The van der Waals surface area contributed by atoms with Gasteiger partial charge in [-0.15, -0.1) is 0 Å². The summed E-state index contributed by atoms with van der Waals surface area (Å²) in [6, 6.07) is 12.9. The standard InChI is InChI=1S/C21H23N3O4/c22-21(23)24-16-11-9-15(10-12-16)20(26)28-18-8-4-7-17(13-18)27-19(25)14-5-2-1-3-6-14/h4,7-14H,1-3,5-6H2,(H4,22,23,24). The molecule has 0 heterocycles. The maximum Gasteiger partial charge on any atom is 0.343 e. The first-order valence-corrected chi connectivity index (χ1v) is 9.25. The Bertz CT molecular complexity index is 867. The number of nitrogens with two attached hydrogens (primary N) is 2. The molecule has 146 valence electrons. The molecule has 0 spiro atoms. The van der Waals surface area contributed by atoms with E-state index in [1.165, 1.54) is 12.5 Å². The zero-order valence-electron chi connectivity index (χ0n) is 15.5. The molecule has 3 rings (SSSR count). The highest BCUT2D eigenvalue weighted by Crippen LogP contribution is 2.27. The van der Waals surface area contributed by atoms with E-state index in [1.807, 2.05) is 0 Å². The van der Waals surface area contributed by atoms with E-state index in [0.29, 0.717) is 22.7 Å². The molecule has 7 nitrogen and oxygen atoms in total. The number of esters is 2. The number of hydrogen-bond donors (Lipinski definition) is 2. The summed E-state index contributed by atoms with van der Waals surface area (Å²) in [6.07, 6.45) is 5.01. The van der Waals surface area contributed by atoms with E-state index in [2.05, 4.69) is 4.99 Å². The van der Waals surface area contributed by atoms with Crippen molar-refractivity contribution in [2.75, 3.05) is 0 Å². The van der Waals surface area contributed by atoms with Crippen molar-refractivity contribution < 1.29 is 19.1 Å². The van der Waals surface area contributed by atoms with Crippen LogP contribution in [0.4, 0.5) is 5.69 Å². The highest BCUT2D eigenvalue weighted by atomic mass is 16.5. The zero-order valence-corrected chi connectivity index (χ0v) is 15.5. The normalized spacial score (nSPS) is 14.1. The van der Waals surface area contributed by atoms with E-state index >= 15 is 0 Å². The molecule has 7 heteroatoms. The van der Waals surface area contributed by atoms with Gasteiger partial charge in [0.2, 0.25) is 0 Å². The van der Waals surface area contributed by atoms with Gasteiger partial charge in [0.25, 0.3) is 0 Å². The molecule has 0 radical (unpaired) electrons. The Morgan fingerprint density at radius 2 is 1.54 bits per heavy atom. The molecule has 1 aliphatic rings. The minimum atomic E-state index is -0.535. The number of nitrogens with zero attached hydrogens (tertiary/aromatic N) is 1. The van der Waals surface area contributed by atoms with Crippen molar-refractivity contribution in [1.82, 2.24) is 0 Å². The van der Waals surface area contributed by atoms with Crippen LogP contribution in [-0.2, 0) is 4.79 Å². The molecule has 0 saturated heterocycles. The third kappa shape index (κ3) is 5.33. The number of carbonyl (C=O) groups excluding carboxylic acids is 2. The van der Waals surface area contributed by atoms with Crippen molar-refractivity contribution >= 4 is 23.6 Å². The van der Waals surface area contributed by atoms with Crippen molar-refractivity contribution in [3.05, 3.63) is 54.1 Å². The van der Waals surface area contributed by atoms with E-state index in [4.69, 9.17) is 20.9 Å². The molecule has 2 aromatic rings. The fourth-order valence-electron chi connectivity index (χ4n) is 3.13. The summed E-state index contributed by atoms with van der Waals surface area (Å²) in [4.78, 5) is 28.5. The predicted octanol–water partition coefficient (Wildman–Crippen LogP) is 3.30. The molecule has 0 bridgehead atoms. The van der Waals surface area contributed by atoms with E-state index in [0.717, 1.165) is 25.7 Å². The second kappa shape index (κ2) is 9.03. The Hall–Kier alpha value is -3.35. The van der Waals surface area contributed by atoms with Crippen LogP contribution in [-0.4, -0.2) is 17.9 Å². The summed E-state index contributed by atoms with van der Waals surface area (Å²) < 4.78 is 10.8. The topological polar surface area (TPSA) is 117 Å². The van der Waals surface area contributed by atoms with Gasteiger partial charge >= 0.3 is 11.9 Å². The Morgan fingerprint density at radius 1 is 0.893 bits per heavy atom. The fraction of sp³-hybridized carbons (Fsp3) is 0.286. The molecule has 1 fully saturated rings. The average molecular weight is 381 g/mol. The van der Waals surface area contributed by atoms with Gasteiger partial charge in [-0.1, -0.05) is 25.3 Å². The Kier molecular flexibility index (Phi) is 6.26. The van der Waals surface area contributed by atoms with Gasteiger partial charge in [0.1, 0.15) is 11.5 Å². The number of ether oxygens (including phenoxy) is 2. The number of benzene rings is 2. The molecule has 2 aromatic carbocycles. The Balaban J connectivity index is 1.62. The predicted molar refractivity (Wildman–Crippen MR) is 106 cm³/mol. The van der Waals surface area contributed by atoms with Crippen LogP contribution in [0, 0.1) is 5.92 Å². The SMILES string of the molecule is NC(N)=Nc1ccc(C(=O)Oc2cccc(OC(=O)C3CCCCC3)c2)cc1. The van der Waals surface area contributed by atoms with Gasteiger partial charge in [-0.25, -0.2) is 9.79 Å². The third-order valence-corrected chi connectivity index (χ3v) is 4.53. The summed E-state index contributed by atoms with van der Waals surface area (Å²) in [6.45, 7) is 0. The second-order valence-electron chi connectivity index (χ2n) is 6.70. The molecular formula is C21H23N3O4. The van der Waals surface area contributed by atoms with Crippen molar-refractivity contribution in [2.24, 2.45) is 22.4 Å². The molecule has 28 heavy (non-hydrogen) atoms. The van der Waals surface area contributed by atoms with Gasteiger partial charge in [0, 0.05) is 6.07 Å². The average Bonchev–Trinajstić information content (AvgIpc) is 2.69. The van der Waals surface area contributed by atoms with Gasteiger partial charge in [0.15, 0.2) is 5.96 Å². The summed E-state index contributed by atoms with van der Waals surface area (Å²) >= 11 is 0. The van der Waals surface area contributed by atoms with Gasteiger partial charge in [0.05, 0.1) is 17.2 Å². The Labute approximate surface area is 163 Å². The third-order valence-electron chi connectivity index (χ3n) is 4.53. The monoisotopic (exact) mass is 381 g/mol. The second-order valence-corrected chi connectivity index (χ2v) is 6.70. The van der Waals surface area contributed by atoms with Crippen LogP contribution in [0.3, 0.4) is 0 Å². The van der Waals surface area contributed by atoms with Gasteiger partial charge in [-0.2, -0.15) is 0 Å². The first-order chi connectivity index (χ1) is 13.5. The molecule has 0 aliphatic heterocycles. The van der Waals surface area contributed by atoms with E-state index in [-0.39, 0.29) is 17.8 Å². The maximum absolute atomic E-state index is 12.3. The summed E-state index contributed by atoms with van der Waals surface area (Å²) in [5, 5.41) is 0. The first kappa shape index (κ1) is 19.4. The molecule has 0 unspecified atom stereocenters. The van der Waals surface area contributed by atoms with E-state index in [1.54, 1.807) is 42.5 Å². The lowest BCUT2D eigenvalue weighted by atomic mass is 9.89. The number of carbonyl (C=O) groups is 2. The first-order valence-electron chi connectivity index (χ1n) is 9.25. The maximum atomic E-state index is 12.3. The minimum absolute atomic E-state index is 0.0521. The van der Waals surface area contributed by atoms with Crippen LogP contribution in [0.1, 0.15) is 42.5 Å². The van der Waals surface area contributed by atoms with Crippen molar-refractivity contribution in [1.29, 1.82) is 0 Å². The minimum Gasteiger partial charge on any atom is -0.426 e. The van der Waals surface area contributed by atoms with Crippen molar-refractivity contribution in [3.63, 3.8) is 0 Å².